The molecule has 0 fully saturated rings. The number of hydrogen-bond donors (Lipinski definition) is 3. The highest BCUT2D eigenvalue weighted by Gasteiger charge is 2.15. The quantitative estimate of drug-likeness (QED) is 0.520. The monoisotopic (exact) mass is 410 g/mol. The Morgan fingerprint density at radius 3 is 2.50 bits per heavy atom. The van der Waals surface area contributed by atoms with Gasteiger partial charge in [-0.25, -0.2) is 4.99 Å². The average Bonchev–Trinajstić information content (AvgIpc) is 2.94. The smallest absolute Gasteiger partial charge is 0.239 e. The number of nitrogens with zero attached hydrogens (tertiary/aromatic N) is 1. The van der Waals surface area contributed by atoms with E-state index in [0.29, 0.717) is 31.5 Å². The minimum absolute atomic E-state index is 0.102. The van der Waals surface area contributed by atoms with Gasteiger partial charge in [0, 0.05) is 23.7 Å². The molecule has 2 aromatic rings. The molecule has 1 heterocycles. The van der Waals surface area contributed by atoms with Crippen LogP contribution in [0.1, 0.15) is 32.8 Å². The summed E-state index contributed by atoms with van der Waals surface area (Å²) in [5.74, 6) is 1.84. The molecule has 0 radical (unpaired) electrons. The molecule has 0 unspecified atom stereocenters. The van der Waals surface area contributed by atoms with Gasteiger partial charge in [0.25, 0.3) is 0 Å². The first-order valence-corrected chi connectivity index (χ1v) is 10.2. The van der Waals surface area contributed by atoms with Gasteiger partial charge >= 0.3 is 0 Å². The number of amides is 1. The molecule has 0 bridgehead atoms. The van der Waals surface area contributed by atoms with E-state index in [0.717, 1.165) is 23.4 Å². The molecule has 3 rings (SSSR count). The van der Waals surface area contributed by atoms with Crippen LogP contribution in [-0.2, 0) is 11.3 Å². The second-order valence-electron chi connectivity index (χ2n) is 8.14. The number of hydrogen-bond acceptors (Lipinski definition) is 4. The van der Waals surface area contributed by atoms with Crippen LogP contribution in [0.5, 0.6) is 11.5 Å². The summed E-state index contributed by atoms with van der Waals surface area (Å²) in [7, 11) is 0. The van der Waals surface area contributed by atoms with Crippen LogP contribution in [0.25, 0.3) is 0 Å². The summed E-state index contributed by atoms with van der Waals surface area (Å²) in [4.78, 5) is 16.9. The molecular formula is C23H30N4O3. The van der Waals surface area contributed by atoms with E-state index in [1.165, 1.54) is 0 Å². The summed E-state index contributed by atoms with van der Waals surface area (Å²) in [6.07, 6.45) is 0.853. The van der Waals surface area contributed by atoms with Gasteiger partial charge in [-0.3, -0.25) is 4.79 Å². The zero-order valence-corrected chi connectivity index (χ0v) is 17.8. The Kier molecular flexibility index (Phi) is 7.17. The first-order chi connectivity index (χ1) is 14.4. The summed E-state index contributed by atoms with van der Waals surface area (Å²) in [6, 6.07) is 15.6. The van der Waals surface area contributed by atoms with Gasteiger partial charge in [0.05, 0.1) is 26.3 Å². The van der Waals surface area contributed by atoms with Gasteiger partial charge in [0.2, 0.25) is 5.91 Å². The summed E-state index contributed by atoms with van der Waals surface area (Å²) >= 11 is 0. The lowest BCUT2D eigenvalue weighted by Gasteiger charge is -2.21. The fourth-order valence-corrected chi connectivity index (χ4v) is 2.90. The molecule has 0 aromatic heterocycles. The number of ether oxygens (including phenoxy) is 2. The Hall–Kier alpha value is -3.22. The van der Waals surface area contributed by atoms with Gasteiger partial charge < -0.3 is 25.4 Å². The van der Waals surface area contributed by atoms with E-state index in [1.54, 1.807) is 0 Å². The Balaban J connectivity index is 1.71. The van der Waals surface area contributed by atoms with Crippen molar-refractivity contribution in [3.8, 4) is 11.5 Å². The maximum Gasteiger partial charge on any atom is 0.239 e. The van der Waals surface area contributed by atoms with E-state index in [2.05, 4.69) is 20.9 Å². The number of benzene rings is 2. The van der Waals surface area contributed by atoms with Crippen molar-refractivity contribution in [1.82, 2.24) is 10.6 Å². The van der Waals surface area contributed by atoms with Gasteiger partial charge in [-0.05, 0) is 38.5 Å². The van der Waals surface area contributed by atoms with E-state index in [1.807, 2.05) is 69.3 Å². The fraction of sp³-hybridized carbons (Fsp3) is 0.391. The largest absolute Gasteiger partial charge is 0.490 e. The first kappa shape index (κ1) is 21.5. The summed E-state index contributed by atoms with van der Waals surface area (Å²) in [5, 5.41) is 9.31. The summed E-state index contributed by atoms with van der Waals surface area (Å²) in [6.45, 7) is 7.72. The van der Waals surface area contributed by atoms with Crippen LogP contribution < -0.4 is 25.4 Å². The summed E-state index contributed by atoms with van der Waals surface area (Å²) < 4.78 is 11.5. The molecule has 0 saturated carbocycles. The third kappa shape index (κ3) is 6.99. The minimum Gasteiger partial charge on any atom is -0.490 e. The van der Waals surface area contributed by atoms with Crippen LogP contribution in [0.15, 0.2) is 53.5 Å². The molecule has 160 valence electrons. The van der Waals surface area contributed by atoms with Crippen molar-refractivity contribution in [2.24, 2.45) is 4.99 Å². The van der Waals surface area contributed by atoms with E-state index in [-0.39, 0.29) is 18.0 Å². The van der Waals surface area contributed by atoms with Gasteiger partial charge in [-0.1, -0.05) is 30.3 Å². The van der Waals surface area contributed by atoms with E-state index in [4.69, 9.17) is 9.47 Å². The van der Waals surface area contributed by atoms with Crippen molar-refractivity contribution >= 4 is 17.6 Å². The van der Waals surface area contributed by atoms with Gasteiger partial charge in [-0.2, -0.15) is 0 Å². The SMILES string of the molecule is CC(C)(C)NC(=O)CNC(=NCc1ccccc1)Nc1ccc2c(c1)OCCCO2. The van der Waals surface area contributed by atoms with Crippen LogP contribution in [-0.4, -0.2) is 37.2 Å². The molecule has 2 aromatic carbocycles. The van der Waals surface area contributed by atoms with E-state index < -0.39 is 0 Å². The Labute approximate surface area is 177 Å². The van der Waals surface area contributed by atoms with Crippen molar-refractivity contribution < 1.29 is 14.3 Å². The zero-order valence-electron chi connectivity index (χ0n) is 17.8. The van der Waals surface area contributed by atoms with Gasteiger partial charge in [0.1, 0.15) is 0 Å². The predicted molar refractivity (Wildman–Crippen MR) is 119 cm³/mol. The van der Waals surface area contributed by atoms with E-state index >= 15 is 0 Å². The fourth-order valence-electron chi connectivity index (χ4n) is 2.90. The van der Waals surface area contributed by atoms with Gasteiger partial charge in [-0.15, -0.1) is 0 Å². The van der Waals surface area contributed by atoms with Crippen molar-refractivity contribution in [2.45, 2.75) is 39.3 Å². The molecule has 1 aliphatic rings. The minimum atomic E-state index is -0.290. The zero-order chi connectivity index (χ0) is 21.4. The van der Waals surface area contributed by atoms with Gasteiger partial charge in [0.15, 0.2) is 17.5 Å². The number of aliphatic imine (C=N–C) groups is 1. The molecule has 30 heavy (non-hydrogen) atoms. The van der Waals surface area contributed by atoms with Crippen molar-refractivity contribution in [3.05, 3.63) is 54.1 Å². The molecule has 7 heteroatoms. The first-order valence-electron chi connectivity index (χ1n) is 10.2. The standard InChI is InChI=1S/C23H30N4O3/c1-23(2,3)27-21(28)16-25-22(24-15-17-8-5-4-6-9-17)26-18-10-11-19-20(14-18)30-13-7-12-29-19/h4-6,8-11,14H,7,12-13,15-16H2,1-3H3,(H,27,28)(H2,24,25,26). The molecule has 0 saturated heterocycles. The number of rotatable bonds is 5. The van der Waals surface area contributed by atoms with Crippen molar-refractivity contribution in [3.63, 3.8) is 0 Å². The summed E-state index contributed by atoms with van der Waals surface area (Å²) in [5.41, 5.74) is 1.59. The number of carbonyl (C=O) groups is 1. The number of guanidine groups is 1. The lowest BCUT2D eigenvalue weighted by molar-refractivity contribution is -0.121. The average molecular weight is 411 g/mol. The molecule has 1 amide bonds. The maximum absolute atomic E-state index is 12.2. The maximum atomic E-state index is 12.2. The molecule has 0 spiro atoms. The second kappa shape index (κ2) is 10.0. The highest BCUT2D eigenvalue weighted by Crippen LogP contribution is 2.32. The lowest BCUT2D eigenvalue weighted by Crippen LogP contribution is -2.46. The van der Waals surface area contributed by atoms with E-state index in [9.17, 15) is 4.79 Å². The molecular weight excluding hydrogens is 380 g/mol. The Morgan fingerprint density at radius 1 is 1.03 bits per heavy atom. The van der Waals surface area contributed by atoms with Crippen molar-refractivity contribution in [2.75, 3.05) is 25.1 Å². The lowest BCUT2D eigenvalue weighted by atomic mass is 10.1. The number of fused-ring (bicyclic) bond motifs is 1. The predicted octanol–water partition coefficient (Wildman–Crippen LogP) is 3.32. The number of anilines is 1. The molecule has 3 N–H and O–H groups in total. The highest BCUT2D eigenvalue weighted by molar-refractivity contribution is 5.96. The topological polar surface area (TPSA) is 84.0 Å². The normalized spacial score (nSPS) is 13.9. The molecule has 1 aliphatic heterocycles. The Morgan fingerprint density at radius 2 is 1.77 bits per heavy atom. The highest BCUT2D eigenvalue weighted by atomic mass is 16.5. The molecule has 0 atom stereocenters. The second-order valence-corrected chi connectivity index (χ2v) is 8.14. The molecule has 0 aliphatic carbocycles. The number of carbonyl (C=O) groups excluding carboxylic acids is 1. The van der Waals surface area contributed by atoms with Crippen LogP contribution in [0, 0.1) is 0 Å². The van der Waals surface area contributed by atoms with Crippen LogP contribution in [0.3, 0.4) is 0 Å². The van der Waals surface area contributed by atoms with Crippen LogP contribution in [0.4, 0.5) is 5.69 Å². The van der Waals surface area contributed by atoms with Crippen molar-refractivity contribution in [1.29, 1.82) is 0 Å². The van der Waals surface area contributed by atoms with Crippen LogP contribution in [0.2, 0.25) is 0 Å². The number of nitrogens with one attached hydrogen (secondary N) is 3. The third-order valence-electron chi connectivity index (χ3n) is 4.20. The van der Waals surface area contributed by atoms with Crippen LogP contribution >= 0.6 is 0 Å². The molecule has 7 nitrogen and oxygen atoms in total. The third-order valence-corrected chi connectivity index (χ3v) is 4.20. The Bertz CT molecular complexity index is 876.